The van der Waals surface area contributed by atoms with Crippen LogP contribution in [0.2, 0.25) is 0 Å². The van der Waals surface area contributed by atoms with Gasteiger partial charge in [-0.05, 0) is 82.3 Å². The van der Waals surface area contributed by atoms with Gasteiger partial charge in [0.15, 0.2) is 0 Å². The zero-order chi connectivity index (χ0) is 23.3. The smallest absolute Gasteiger partial charge is 0.259 e. The van der Waals surface area contributed by atoms with Gasteiger partial charge >= 0.3 is 0 Å². The van der Waals surface area contributed by atoms with Gasteiger partial charge in [-0.2, -0.15) is 0 Å². The van der Waals surface area contributed by atoms with E-state index in [0.717, 1.165) is 41.8 Å². The largest absolute Gasteiger partial charge is 0.340 e. The fourth-order valence-electron chi connectivity index (χ4n) is 4.81. The molecule has 7 nitrogen and oxygen atoms in total. The van der Waals surface area contributed by atoms with Crippen LogP contribution < -0.4 is 5.43 Å². The molecule has 1 N–H and O–H groups in total. The zero-order valence-electron chi connectivity index (χ0n) is 19.6. The van der Waals surface area contributed by atoms with E-state index in [2.05, 4.69) is 35.9 Å². The van der Waals surface area contributed by atoms with Crippen LogP contribution in [0.15, 0.2) is 35.3 Å². The molecule has 1 aromatic carbocycles. The number of aromatic amines is 1. The maximum Gasteiger partial charge on any atom is 0.259 e. The molecule has 1 aliphatic heterocycles. The van der Waals surface area contributed by atoms with Gasteiger partial charge in [0.1, 0.15) is 17.0 Å². The lowest BCUT2D eigenvalue weighted by Crippen LogP contribution is -2.41. The molecule has 1 saturated heterocycles. The second-order valence-corrected chi connectivity index (χ2v) is 9.07. The molecule has 0 bridgehead atoms. The van der Waals surface area contributed by atoms with E-state index in [4.69, 9.17) is 4.98 Å². The summed E-state index contributed by atoms with van der Waals surface area (Å²) in [4.78, 5) is 41.7. The first-order valence-corrected chi connectivity index (χ1v) is 11.7. The number of hydrogen-bond donors (Lipinski definition) is 1. The number of aryl methyl sites for hydroxylation is 4. The van der Waals surface area contributed by atoms with Crippen molar-refractivity contribution in [3.05, 3.63) is 68.9 Å². The lowest BCUT2D eigenvalue weighted by molar-refractivity contribution is 0.0599. The Balaban J connectivity index is 1.58. The number of rotatable bonds is 3. The third kappa shape index (κ3) is 3.61. The Bertz CT molecular complexity index is 1410. The van der Waals surface area contributed by atoms with Crippen molar-refractivity contribution < 1.29 is 4.79 Å². The molecule has 5 rings (SSSR count). The summed E-state index contributed by atoms with van der Waals surface area (Å²) < 4.78 is 1.89. The van der Waals surface area contributed by atoms with Crippen molar-refractivity contribution in [3.8, 4) is 0 Å². The van der Waals surface area contributed by atoms with Gasteiger partial charge in [0.25, 0.3) is 5.91 Å². The molecule has 1 fully saturated rings. The number of amides is 1. The highest BCUT2D eigenvalue weighted by Crippen LogP contribution is 2.32. The average molecular weight is 444 g/mol. The first-order chi connectivity index (χ1) is 15.9. The van der Waals surface area contributed by atoms with Crippen LogP contribution in [0.4, 0.5) is 0 Å². The Kier molecular flexibility index (Phi) is 5.27. The molecule has 170 valence electrons. The lowest BCUT2D eigenvalue weighted by Gasteiger charge is -2.34. The standard InChI is InChI=1S/C26H29N5O2/c1-5-30-14-19(23(32)18-10-9-17(4)27-25(18)30)26(33)31-11-7-6-8-22(31)24-28-20-12-15(2)16(3)13-21(20)29-24/h9-10,12-14,22H,5-8,11H2,1-4H3,(H,28,29)/t22-/m1/s1. The molecule has 33 heavy (non-hydrogen) atoms. The van der Waals surface area contributed by atoms with Gasteiger partial charge in [-0.1, -0.05) is 0 Å². The summed E-state index contributed by atoms with van der Waals surface area (Å²) in [5, 5.41) is 0.483. The minimum absolute atomic E-state index is 0.180. The maximum absolute atomic E-state index is 13.8. The van der Waals surface area contributed by atoms with Crippen molar-refractivity contribution in [2.45, 2.75) is 59.5 Å². The lowest BCUT2D eigenvalue weighted by atomic mass is 10.00. The highest BCUT2D eigenvalue weighted by molar-refractivity contribution is 5.97. The first kappa shape index (κ1) is 21.4. The second kappa shape index (κ2) is 8.14. The summed E-state index contributed by atoms with van der Waals surface area (Å²) in [6, 6.07) is 7.60. The number of H-pyrrole nitrogens is 1. The number of piperidine rings is 1. The van der Waals surface area contributed by atoms with Crippen molar-refractivity contribution in [3.63, 3.8) is 0 Å². The van der Waals surface area contributed by atoms with Gasteiger partial charge in [-0.25, -0.2) is 9.97 Å². The summed E-state index contributed by atoms with van der Waals surface area (Å²) in [6.45, 7) is 9.28. The maximum atomic E-state index is 13.8. The van der Waals surface area contributed by atoms with E-state index in [1.54, 1.807) is 12.3 Å². The zero-order valence-corrected chi connectivity index (χ0v) is 19.6. The minimum atomic E-state index is -0.257. The van der Waals surface area contributed by atoms with Crippen LogP contribution in [-0.2, 0) is 6.54 Å². The van der Waals surface area contributed by atoms with Crippen LogP contribution in [-0.4, -0.2) is 36.9 Å². The number of imidazole rings is 1. The normalized spacial score (nSPS) is 16.6. The van der Waals surface area contributed by atoms with Gasteiger partial charge in [0.05, 0.1) is 22.5 Å². The van der Waals surface area contributed by atoms with Gasteiger partial charge in [-0.15, -0.1) is 0 Å². The molecule has 7 heteroatoms. The third-order valence-electron chi connectivity index (χ3n) is 6.83. The number of hydrogen-bond acceptors (Lipinski definition) is 4. The van der Waals surface area contributed by atoms with E-state index < -0.39 is 0 Å². The Morgan fingerprint density at radius 1 is 1.12 bits per heavy atom. The molecule has 1 atom stereocenters. The quantitative estimate of drug-likeness (QED) is 0.502. The van der Waals surface area contributed by atoms with Crippen LogP contribution in [0, 0.1) is 20.8 Å². The first-order valence-electron chi connectivity index (χ1n) is 11.7. The fraction of sp³-hybridized carbons (Fsp3) is 0.385. The van der Waals surface area contributed by atoms with Gasteiger partial charge in [0.2, 0.25) is 5.43 Å². The topological polar surface area (TPSA) is 83.9 Å². The van der Waals surface area contributed by atoms with Crippen molar-refractivity contribution in [2.24, 2.45) is 0 Å². The molecule has 4 aromatic rings. The Morgan fingerprint density at radius 2 is 1.91 bits per heavy atom. The number of nitrogens with one attached hydrogen (secondary N) is 1. The monoisotopic (exact) mass is 443 g/mol. The van der Waals surface area contributed by atoms with Crippen molar-refractivity contribution in [1.82, 2.24) is 24.4 Å². The van der Waals surface area contributed by atoms with Gasteiger partial charge in [0, 0.05) is 25.0 Å². The Hall–Kier alpha value is -3.48. The van der Waals surface area contributed by atoms with Crippen molar-refractivity contribution >= 4 is 28.0 Å². The molecule has 1 aliphatic rings. The highest BCUT2D eigenvalue weighted by atomic mass is 16.2. The predicted octanol–water partition coefficient (Wildman–Crippen LogP) is 4.59. The summed E-state index contributed by atoms with van der Waals surface area (Å²) in [5.41, 5.74) is 5.69. The van der Waals surface area contributed by atoms with Crippen molar-refractivity contribution in [1.29, 1.82) is 0 Å². The molecule has 1 amide bonds. The van der Waals surface area contributed by atoms with Crippen LogP contribution >= 0.6 is 0 Å². The summed E-state index contributed by atoms with van der Waals surface area (Å²) >= 11 is 0. The van der Waals surface area contributed by atoms with E-state index in [0.29, 0.717) is 24.1 Å². The molecule has 0 aliphatic carbocycles. The third-order valence-corrected chi connectivity index (χ3v) is 6.83. The number of likely N-dealkylation sites (tertiary alicyclic amines) is 1. The molecule has 0 saturated carbocycles. The van der Waals surface area contributed by atoms with E-state index in [1.807, 2.05) is 29.4 Å². The fourth-order valence-corrected chi connectivity index (χ4v) is 4.81. The van der Waals surface area contributed by atoms with Crippen molar-refractivity contribution in [2.75, 3.05) is 6.54 Å². The number of fused-ring (bicyclic) bond motifs is 2. The van der Waals surface area contributed by atoms with Gasteiger partial charge in [-0.3, -0.25) is 9.59 Å². The highest BCUT2D eigenvalue weighted by Gasteiger charge is 2.32. The number of aromatic nitrogens is 4. The number of pyridine rings is 2. The van der Waals surface area contributed by atoms with E-state index in [-0.39, 0.29) is 22.9 Å². The molecule has 0 radical (unpaired) electrons. The average Bonchev–Trinajstić information content (AvgIpc) is 3.21. The van der Waals surface area contributed by atoms with E-state index >= 15 is 0 Å². The van der Waals surface area contributed by atoms with E-state index in [1.165, 1.54) is 11.1 Å². The summed E-state index contributed by atoms with van der Waals surface area (Å²) in [7, 11) is 0. The summed E-state index contributed by atoms with van der Waals surface area (Å²) in [5.74, 6) is 0.555. The summed E-state index contributed by atoms with van der Waals surface area (Å²) in [6.07, 6.45) is 4.43. The van der Waals surface area contributed by atoms with E-state index in [9.17, 15) is 9.59 Å². The Morgan fingerprint density at radius 3 is 2.70 bits per heavy atom. The van der Waals surface area contributed by atoms with Crippen LogP contribution in [0.25, 0.3) is 22.1 Å². The second-order valence-electron chi connectivity index (χ2n) is 9.07. The number of carbonyl (C=O) groups excluding carboxylic acids is 1. The SMILES string of the molecule is CCn1cc(C(=O)N2CCCC[C@@H]2c2nc3cc(C)c(C)cc3[nH]2)c(=O)c2ccc(C)nc21. The molecular weight excluding hydrogens is 414 g/mol. The Labute approximate surface area is 192 Å². The van der Waals surface area contributed by atoms with Gasteiger partial charge < -0.3 is 14.5 Å². The molecule has 3 aromatic heterocycles. The van der Waals surface area contributed by atoms with Crippen LogP contribution in [0.3, 0.4) is 0 Å². The van der Waals surface area contributed by atoms with Crippen LogP contribution in [0.1, 0.15) is 65.2 Å². The number of nitrogens with zero attached hydrogens (tertiary/aromatic N) is 4. The molecule has 0 spiro atoms. The predicted molar refractivity (Wildman–Crippen MR) is 130 cm³/mol. The molecule has 4 heterocycles. The number of benzene rings is 1. The minimum Gasteiger partial charge on any atom is -0.340 e. The molecular formula is C26H29N5O2. The molecule has 0 unspecified atom stereocenters. The number of carbonyl (C=O) groups is 1. The van der Waals surface area contributed by atoms with Crippen LogP contribution in [0.5, 0.6) is 0 Å².